The van der Waals surface area contributed by atoms with Gasteiger partial charge in [0.2, 0.25) is 5.91 Å². The summed E-state index contributed by atoms with van der Waals surface area (Å²) in [6, 6.07) is 0. The van der Waals surface area contributed by atoms with Crippen molar-refractivity contribution in [2.24, 2.45) is 23.0 Å². The third kappa shape index (κ3) is 6.13. The first-order valence-corrected chi connectivity index (χ1v) is 7.46. The van der Waals surface area contributed by atoms with E-state index < -0.39 is 0 Å². The number of nitrogens with two attached hydrogens (primary N) is 1. The number of rotatable bonds is 6. The van der Waals surface area contributed by atoms with Crippen LogP contribution in [0.3, 0.4) is 0 Å². The van der Waals surface area contributed by atoms with Gasteiger partial charge in [-0.15, -0.1) is 12.4 Å². The zero-order valence-electron chi connectivity index (χ0n) is 12.7. The lowest BCUT2D eigenvalue weighted by Gasteiger charge is -2.35. The molecule has 1 unspecified atom stereocenters. The molecule has 0 bridgehead atoms. The van der Waals surface area contributed by atoms with Gasteiger partial charge in [-0.2, -0.15) is 0 Å². The number of hydrogen-bond donors (Lipinski definition) is 2. The minimum absolute atomic E-state index is 0. The molecule has 19 heavy (non-hydrogen) atoms. The highest BCUT2D eigenvalue weighted by atomic mass is 35.5. The van der Waals surface area contributed by atoms with Crippen molar-refractivity contribution < 1.29 is 4.79 Å². The van der Waals surface area contributed by atoms with E-state index in [4.69, 9.17) is 5.73 Å². The molecule has 0 aromatic carbocycles. The molecule has 114 valence electrons. The van der Waals surface area contributed by atoms with Gasteiger partial charge in [0.05, 0.1) is 0 Å². The summed E-state index contributed by atoms with van der Waals surface area (Å²) in [6.45, 7) is 8.01. The highest BCUT2D eigenvalue weighted by Gasteiger charge is 2.32. The average Bonchev–Trinajstić information content (AvgIpc) is 2.36. The smallest absolute Gasteiger partial charge is 0.220 e. The van der Waals surface area contributed by atoms with Crippen LogP contribution in [0.5, 0.6) is 0 Å². The molecule has 0 aromatic rings. The van der Waals surface area contributed by atoms with Crippen molar-refractivity contribution >= 4 is 18.3 Å². The number of nitrogens with one attached hydrogen (secondary N) is 1. The quantitative estimate of drug-likeness (QED) is 0.790. The topological polar surface area (TPSA) is 55.1 Å². The van der Waals surface area contributed by atoms with E-state index in [1.54, 1.807) is 0 Å². The maximum atomic E-state index is 12.0. The molecule has 1 rings (SSSR count). The van der Waals surface area contributed by atoms with Crippen LogP contribution in [-0.4, -0.2) is 19.0 Å². The van der Waals surface area contributed by atoms with Gasteiger partial charge in [-0.25, -0.2) is 0 Å². The van der Waals surface area contributed by atoms with Gasteiger partial charge in [0.1, 0.15) is 0 Å². The summed E-state index contributed by atoms with van der Waals surface area (Å²) in [5, 5.41) is 3.08. The van der Waals surface area contributed by atoms with E-state index in [0.717, 1.165) is 19.4 Å². The highest BCUT2D eigenvalue weighted by molar-refractivity contribution is 5.85. The largest absolute Gasteiger partial charge is 0.356 e. The normalized spacial score (nSPS) is 19.6. The Morgan fingerprint density at radius 3 is 2.26 bits per heavy atom. The van der Waals surface area contributed by atoms with Crippen LogP contribution >= 0.6 is 12.4 Å². The molecule has 1 fully saturated rings. The van der Waals surface area contributed by atoms with Gasteiger partial charge in [-0.1, -0.05) is 40.0 Å². The fourth-order valence-electron chi connectivity index (χ4n) is 2.67. The van der Waals surface area contributed by atoms with E-state index in [9.17, 15) is 4.79 Å². The molecular weight excluding hydrogens is 260 g/mol. The van der Waals surface area contributed by atoms with Gasteiger partial charge in [-0.3, -0.25) is 4.79 Å². The lowest BCUT2D eigenvalue weighted by Crippen LogP contribution is -2.39. The Labute approximate surface area is 124 Å². The van der Waals surface area contributed by atoms with Crippen LogP contribution < -0.4 is 11.1 Å². The molecule has 0 radical (unpaired) electrons. The molecule has 1 amide bonds. The Kier molecular flexibility index (Phi) is 8.67. The van der Waals surface area contributed by atoms with Gasteiger partial charge in [0.25, 0.3) is 0 Å². The summed E-state index contributed by atoms with van der Waals surface area (Å²) in [4.78, 5) is 12.0. The summed E-state index contributed by atoms with van der Waals surface area (Å²) in [6.07, 6.45) is 6.62. The standard InChI is InChI=1S/C15H30N2O.ClH/c1-12(2)13(3)10-17-14(18)9-15(11-16)7-5-4-6-8-15;/h12-13H,4-11,16H2,1-3H3,(H,17,18);1H. The molecule has 0 spiro atoms. The monoisotopic (exact) mass is 290 g/mol. The lowest BCUT2D eigenvalue weighted by atomic mass is 9.71. The Morgan fingerprint density at radius 2 is 1.79 bits per heavy atom. The van der Waals surface area contributed by atoms with E-state index in [1.807, 2.05) is 0 Å². The fraction of sp³-hybridized carbons (Fsp3) is 0.933. The SMILES string of the molecule is CC(C)C(C)CNC(=O)CC1(CN)CCCCC1.Cl. The van der Waals surface area contributed by atoms with E-state index in [0.29, 0.717) is 24.8 Å². The molecule has 4 heteroatoms. The molecule has 1 aliphatic carbocycles. The average molecular weight is 291 g/mol. The van der Waals surface area contributed by atoms with E-state index in [2.05, 4.69) is 26.1 Å². The molecule has 3 N–H and O–H groups in total. The maximum Gasteiger partial charge on any atom is 0.220 e. The second kappa shape index (κ2) is 8.80. The zero-order valence-corrected chi connectivity index (χ0v) is 13.5. The molecule has 0 heterocycles. The lowest BCUT2D eigenvalue weighted by molar-refractivity contribution is -0.124. The third-order valence-electron chi connectivity index (χ3n) is 4.64. The van der Waals surface area contributed by atoms with Crippen LogP contribution in [0.2, 0.25) is 0 Å². The van der Waals surface area contributed by atoms with E-state index >= 15 is 0 Å². The summed E-state index contributed by atoms with van der Waals surface area (Å²) < 4.78 is 0. The predicted molar refractivity (Wildman–Crippen MR) is 83.4 cm³/mol. The third-order valence-corrected chi connectivity index (χ3v) is 4.64. The number of amides is 1. The van der Waals surface area contributed by atoms with E-state index in [1.165, 1.54) is 19.3 Å². The van der Waals surface area contributed by atoms with Gasteiger partial charge in [-0.05, 0) is 36.6 Å². The predicted octanol–water partition coefficient (Wildman–Crippen LogP) is 3.12. The second-order valence-electron chi connectivity index (χ2n) is 6.47. The summed E-state index contributed by atoms with van der Waals surface area (Å²) in [7, 11) is 0. The first kappa shape index (κ1) is 18.7. The van der Waals surface area contributed by atoms with Crippen LogP contribution in [0, 0.1) is 17.3 Å². The Balaban J connectivity index is 0.00000324. The minimum Gasteiger partial charge on any atom is -0.356 e. The molecule has 3 nitrogen and oxygen atoms in total. The molecule has 0 aromatic heterocycles. The molecule has 1 saturated carbocycles. The van der Waals surface area contributed by atoms with Crippen LogP contribution in [0.25, 0.3) is 0 Å². The molecule has 1 aliphatic rings. The summed E-state index contributed by atoms with van der Waals surface area (Å²) in [5.41, 5.74) is 6.00. The van der Waals surface area contributed by atoms with Gasteiger partial charge in [0.15, 0.2) is 0 Å². The van der Waals surface area contributed by atoms with Crippen molar-refractivity contribution in [1.29, 1.82) is 0 Å². The van der Waals surface area contributed by atoms with Crippen molar-refractivity contribution in [1.82, 2.24) is 5.32 Å². The maximum absolute atomic E-state index is 12.0. The first-order valence-electron chi connectivity index (χ1n) is 7.46. The Morgan fingerprint density at radius 1 is 1.21 bits per heavy atom. The Hall–Kier alpha value is -0.280. The second-order valence-corrected chi connectivity index (χ2v) is 6.47. The van der Waals surface area contributed by atoms with Crippen LogP contribution in [0.4, 0.5) is 0 Å². The minimum atomic E-state index is 0. The molecule has 0 aliphatic heterocycles. The van der Waals surface area contributed by atoms with Crippen molar-refractivity contribution in [2.75, 3.05) is 13.1 Å². The van der Waals surface area contributed by atoms with Crippen molar-refractivity contribution in [3.8, 4) is 0 Å². The number of carbonyl (C=O) groups excluding carboxylic acids is 1. The zero-order chi connectivity index (χ0) is 13.6. The van der Waals surface area contributed by atoms with Crippen LogP contribution in [0.15, 0.2) is 0 Å². The van der Waals surface area contributed by atoms with Crippen molar-refractivity contribution in [3.05, 3.63) is 0 Å². The first-order chi connectivity index (χ1) is 8.49. The highest BCUT2D eigenvalue weighted by Crippen LogP contribution is 2.38. The molecular formula is C15H31ClN2O. The number of halogens is 1. The van der Waals surface area contributed by atoms with Gasteiger partial charge < -0.3 is 11.1 Å². The Bertz CT molecular complexity index is 263. The fourth-order valence-corrected chi connectivity index (χ4v) is 2.67. The number of carbonyl (C=O) groups is 1. The number of hydrogen-bond acceptors (Lipinski definition) is 2. The summed E-state index contributed by atoms with van der Waals surface area (Å²) in [5.74, 6) is 1.34. The van der Waals surface area contributed by atoms with Crippen LogP contribution in [-0.2, 0) is 4.79 Å². The van der Waals surface area contributed by atoms with Crippen molar-refractivity contribution in [2.45, 2.75) is 59.3 Å². The van der Waals surface area contributed by atoms with Gasteiger partial charge >= 0.3 is 0 Å². The van der Waals surface area contributed by atoms with Gasteiger partial charge in [0, 0.05) is 13.0 Å². The van der Waals surface area contributed by atoms with Crippen LogP contribution in [0.1, 0.15) is 59.3 Å². The summed E-state index contributed by atoms with van der Waals surface area (Å²) >= 11 is 0. The molecule has 0 saturated heterocycles. The van der Waals surface area contributed by atoms with E-state index in [-0.39, 0.29) is 23.7 Å². The molecule has 1 atom stereocenters. The van der Waals surface area contributed by atoms with Crippen molar-refractivity contribution in [3.63, 3.8) is 0 Å².